The van der Waals surface area contributed by atoms with Gasteiger partial charge in [-0.1, -0.05) is 281 Å². The summed E-state index contributed by atoms with van der Waals surface area (Å²) in [6.07, 6.45) is 94.7. The predicted molar refractivity (Wildman–Crippen MR) is 445 cm³/mol. The zero-order valence-electron chi connectivity index (χ0n) is 67.2. The van der Waals surface area contributed by atoms with Crippen LogP contribution in [0.1, 0.15) is 310 Å². The van der Waals surface area contributed by atoms with Gasteiger partial charge in [-0.25, -0.2) is 9.13 Å². The third-order valence-electron chi connectivity index (χ3n) is 16.6. The number of phosphoric ester groups is 2. The van der Waals surface area contributed by atoms with Gasteiger partial charge in [-0.2, -0.15) is 0 Å². The molecule has 0 radical (unpaired) electrons. The van der Waals surface area contributed by atoms with Crippen molar-refractivity contribution in [3.63, 3.8) is 0 Å². The molecule has 0 aliphatic heterocycles. The quantitative estimate of drug-likeness (QED) is 0.0169. The van der Waals surface area contributed by atoms with E-state index in [0.717, 1.165) is 186 Å². The molecule has 108 heavy (non-hydrogen) atoms. The Labute approximate surface area is 654 Å². The van der Waals surface area contributed by atoms with Crippen molar-refractivity contribution in [3.8, 4) is 0 Å². The van der Waals surface area contributed by atoms with Crippen molar-refractivity contribution in [2.75, 3.05) is 39.6 Å². The van der Waals surface area contributed by atoms with E-state index in [0.29, 0.717) is 32.1 Å². The maximum atomic E-state index is 13.1. The molecule has 0 aromatic carbocycles. The van der Waals surface area contributed by atoms with E-state index in [9.17, 15) is 43.2 Å². The minimum absolute atomic E-state index is 0.0480. The molecule has 5 atom stereocenters. The molecule has 5 unspecified atom stereocenters. The molecular weight excluding hydrogens is 1400 g/mol. The number of aliphatic hydroxyl groups is 1. The second kappa shape index (κ2) is 79.5. The van der Waals surface area contributed by atoms with E-state index in [2.05, 4.69) is 186 Å². The second-order valence-electron chi connectivity index (χ2n) is 26.9. The summed E-state index contributed by atoms with van der Waals surface area (Å²) in [5.41, 5.74) is 0. The van der Waals surface area contributed by atoms with E-state index in [1.807, 2.05) is 12.2 Å². The van der Waals surface area contributed by atoms with Crippen LogP contribution >= 0.6 is 15.6 Å². The van der Waals surface area contributed by atoms with Gasteiger partial charge in [0.1, 0.15) is 19.3 Å². The monoisotopic (exact) mass is 1550 g/mol. The summed E-state index contributed by atoms with van der Waals surface area (Å²) < 4.78 is 68.6. The van der Waals surface area contributed by atoms with Crippen LogP contribution in [0, 0.1) is 0 Å². The number of ether oxygens (including phenoxy) is 4. The van der Waals surface area contributed by atoms with Gasteiger partial charge in [-0.15, -0.1) is 0 Å². The molecule has 3 N–H and O–H groups in total. The number of unbranched alkanes of at least 4 members (excludes halogenated alkanes) is 22. The van der Waals surface area contributed by atoms with Crippen molar-refractivity contribution in [1.29, 1.82) is 0 Å². The summed E-state index contributed by atoms with van der Waals surface area (Å²) in [4.78, 5) is 73.2. The molecule has 0 aliphatic carbocycles. The summed E-state index contributed by atoms with van der Waals surface area (Å²) in [6, 6.07) is 0. The van der Waals surface area contributed by atoms with Gasteiger partial charge in [0, 0.05) is 25.7 Å². The molecule has 0 amide bonds. The van der Waals surface area contributed by atoms with Crippen molar-refractivity contribution >= 4 is 39.5 Å². The van der Waals surface area contributed by atoms with Crippen molar-refractivity contribution in [3.05, 3.63) is 170 Å². The lowest BCUT2D eigenvalue weighted by molar-refractivity contribution is -0.161. The summed E-state index contributed by atoms with van der Waals surface area (Å²) in [5.74, 6) is -2.31. The fourth-order valence-electron chi connectivity index (χ4n) is 10.4. The number of carbonyl (C=O) groups excluding carboxylic acids is 4. The van der Waals surface area contributed by atoms with Crippen LogP contribution in [0.15, 0.2) is 170 Å². The molecule has 0 spiro atoms. The average molecular weight is 1550 g/mol. The lowest BCUT2D eigenvalue weighted by Gasteiger charge is -2.21. The molecule has 0 fully saturated rings. The third-order valence-corrected chi connectivity index (χ3v) is 18.5. The fraction of sp³-hybridized carbons (Fsp3) is 0.640. The molecule has 0 aliphatic rings. The summed E-state index contributed by atoms with van der Waals surface area (Å²) in [7, 11) is -10.0. The first-order valence-electron chi connectivity index (χ1n) is 41.4. The van der Waals surface area contributed by atoms with Crippen LogP contribution in [0.2, 0.25) is 0 Å². The van der Waals surface area contributed by atoms with E-state index < -0.39 is 97.5 Å². The van der Waals surface area contributed by atoms with Crippen molar-refractivity contribution in [2.45, 2.75) is 329 Å². The van der Waals surface area contributed by atoms with Gasteiger partial charge < -0.3 is 33.8 Å². The van der Waals surface area contributed by atoms with Gasteiger partial charge in [0.15, 0.2) is 12.2 Å². The Kier molecular flexibility index (Phi) is 75.4. The summed E-state index contributed by atoms with van der Waals surface area (Å²) in [5, 5.41) is 10.7. The zero-order valence-corrected chi connectivity index (χ0v) is 69.0. The molecule has 17 nitrogen and oxygen atoms in total. The maximum Gasteiger partial charge on any atom is 0.472 e. The molecule has 0 saturated carbocycles. The predicted octanol–water partition coefficient (Wildman–Crippen LogP) is 24.6. The zero-order chi connectivity index (χ0) is 78.9. The highest BCUT2D eigenvalue weighted by atomic mass is 31.2. The topological polar surface area (TPSA) is 237 Å². The van der Waals surface area contributed by atoms with Crippen LogP contribution in [-0.2, 0) is 65.4 Å². The number of esters is 4. The number of rotatable bonds is 76. The van der Waals surface area contributed by atoms with Gasteiger partial charge in [0.2, 0.25) is 0 Å². The first-order chi connectivity index (χ1) is 52.7. The fourth-order valence-corrected chi connectivity index (χ4v) is 12.0. The molecule has 0 aromatic heterocycles. The van der Waals surface area contributed by atoms with E-state index in [4.69, 9.17) is 37.0 Å². The molecule has 0 aromatic rings. The van der Waals surface area contributed by atoms with Gasteiger partial charge in [0.05, 0.1) is 26.4 Å². The third kappa shape index (κ3) is 78.5. The molecule has 19 heteroatoms. The Morgan fingerprint density at radius 1 is 0.269 bits per heavy atom. The number of carbonyl (C=O) groups is 4. The smallest absolute Gasteiger partial charge is 0.462 e. The number of allylic oxidation sites excluding steroid dienone is 28. The molecule has 0 saturated heterocycles. The van der Waals surface area contributed by atoms with Gasteiger partial charge in [0.25, 0.3) is 0 Å². The Bertz CT molecular complexity index is 2710. The van der Waals surface area contributed by atoms with Crippen LogP contribution in [0.25, 0.3) is 0 Å². The SMILES string of the molecule is CC/C=C\C/C=C\C/C=C\C/C=C\C/C=C\CCCC(=O)OCC(COP(=O)(O)OCC(O)COP(=O)(O)OCC(COC(=O)CCCCCCCC/C=C\C/C=C\C/C=C\CCCCC)OC(=O)CCCCCCC/C=C\C/C=C\CCCCC)OC(=O)CCCCCC/C=C\C/C=C\C/C=C\C/C=C\CC. The van der Waals surface area contributed by atoms with Crippen molar-refractivity contribution in [1.82, 2.24) is 0 Å². The molecule has 0 rings (SSSR count). The highest BCUT2D eigenvalue weighted by molar-refractivity contribution is 7.47. The van der Waals surface area contributed by atoms with Crippen LogP contribution in [0.5, 0.6) is 0 Å². The summed E-state index contributed by atoms with van der Waals surface area (Å²) >= 11 is 0. The number of aliphatic hydroxyl groups excluding tert-OH is 1. The Morgan fingerprint density at radius 3 is 0.778 bits per heavy atom. The lowest BCUT2D eigenvalue weighted by atomic mass is 10.1. The standard InChI is InChI=1S/C89H146O17P2/c1-5-9-13-17-21-25-29-33-37-40-41-44-47-50-54-58-62-66-70-74-87(92)100-79-84(105-88(93)75-71-67-63-59-55-51-45-36-32-28-24-20-16-12-8-4)81-103-107(95,96)101-77-83(90)78-102-108(97,98)104-82-85(106-89(94)76-72-68-64-60-56-52-48-43-39-35-31-27-23-19-15-11-7-3)80-99-86(91)73-69-65-61-57-53-49-46-42-38-34-30-26-22-18-14-10-6-2/h10-11,14-15,21-28,33-39,41,44-46,48-49,52,57,61,83-85,90H,5-9,12-13,16-20,29-32,40,42-43,47,50-51,53-56,58-60,62-82H2,1-4H3,(H,95,96)(H,97,98)/b14-10-,15-11-,25-21-,26-22-,27-23-,28-24-,37-33-,38-34-,39-35-,44-41-,45-36-,49-46-,52-48-,61-57-. The van der Waals surface area contributed by atoms with Gasteiger partial charge in [-0.05, 0) is 173 Å². The Hall–Kier alpha value is -5.58. The highest BCUT2D eigenvalue weighted by Crippen LogP contribution is 2.45. The Balaban J connectivity index is 5.48. The van der Waals surface area contributed by atoms with Crippen molar-refractivity contribution in [2.24, 2.45) is 0 Å². The molecule has 0 bridgehead atoms. The Morgan fingerprint density at radius 2 is 0.491 bits per heavy atom. The van der Waals surface area contributed by atoms with E-state index in [1.54, 1.807) is 0 Å². The number of phosphoric acid groups is 2. The largest absolute Gasteiger partial charge is 0.472 e. The van der Waals surface area contributed by atoms with Gasteiger partial charge in [-0.3, -0.25) is 37.3 Å². The number of hydrogen-bond donors (Lipinski definition) is 3. The molecular formula is C89H146O17P2. The van der Waals surface area contributed by atoms with Crippen LogP contribution < -0.4 is 0 Å². The molecule has 614 valence electrons. The van der Waals surface area contributed by atoms with E-state index in [1.165, 1.54) is 38.5 Å². The second-order valence-corrected chi connectivity index (χ2v) is 29.8. The van der Waals surface area contributed by atoms with Crippen molar-refractivity contribution < 1.29 is 80.2 Å². The van der Waals surface area contributed by atoms with Crippen LogP contribution in [0.4, 0.5) is 0 Å². The molecule has 0 heterocycles. The van der Waals surface area contributed by atoms with E-state index in [-0.39, 0.29) is 25.7 Å². The first kappa shape index (κ1) is 102. The minimum atomic E-state index is -5.01. The lowest BCUT2D eigenvalue weighted by Crippen LogP contribution is -2.30. The van der Waals surface area contributed by atoms with Crippen LogP contribution in [0.3, 0.4) is 0 Å². The highest BCUT2D eigenvalue weighted by Gasteiger charge is 2.30. The van der Waals surface area contributed by atoms with E-state index >= 15 is 0 Å². The average Bonchev–Trinajstić information content (AvgIpc) is 0.901. The summed E-state index contributed by atoms with van der Waals surface area (Å²) in [6.45, 7) is 4.47. The minimum Gasteiger partial charge on any atom is -0.462 e. The van der Waals surface area contributed by atoms with Crippen LogP contribution in [-0.4, -0.2) is 96.7 Å². The maximum absolute atomic E-state index is 13.1. The first-order valence-corrected chi connectivity index (χ1v) is 44.4. The number of hydrogen-bond acceptors (Lipinski definition) is 15. The van der Waals surface area contributed by atoms with Gasteiger partial charge >= 0.3 is 39.5 Å². The normalized spacial score (nSPS) is 14.7.